The van der Waals surface area contributed by atoms with Crippen LogP contribution in [0.2, 0.25) is 5.02 Å². The Morgan fingerprint density at radius 3 is 2.59 bits per heavy atom. The normalized spacial score (nSPS) is 16.6. The zero-order valence-corrected chi connectivity index (χ0v) is 15.1. The number of thiocarbonyl (C=S) groups is 1. The van der Waals surface area contributed by atoms with Gasteiger partial charge in [0.15, 0.2) is 4.32 Å². The number of hydrogen-bond acceptors (Lipinski definition) is 3. The predicted molar refractivity (Wildman–Crippen MR) is 101 cm³/mol. The van der Waals surface area contributed by atoms with E-state index in [9.17, 15) is 4.79 Å². The number of benzene rings is 2. The second kappa shape index (κ2) is 6.54. The van der Waals surface area contributed by atoms with Crippen LogP contribution < -0.4 is 4.90 Å². The van der Waals surface area contributed by atoms with Gasteiger partial charge in [-0.15, -0.1) is 0 Å². The first kappa shape index (κ1) is 15.7. The van der Waals surface area contributed by atoms with E-state index in [4.69, 9.17) is 23.8 Å². The second-order valence-corrected chi connectivity index (χ2v) is 7.58. The van der Waals surface area contributed by atoms with Crippen molar-refractivity contribution in [2.24, 2.45) is 0 Å². The van der Waals surface area contributed by atoms with Gasteiger partial charge in [-0.3, -0.25) is 9.69 Å². The quantitative estimate of drug-likeness (QED) is 0.481. The summed E-state index contributed by atoms with van der Waals surface area (Å²) in [6, 6.07) is 14.9. The molecule has 0 aliphatic carbocycles. The molecular formula is C16H9BrClNOS2. The van der Waals surface area contributed by atoms with E-state index in [1.54, 1.807) is 18.2 Å². The van der Waals surface area contributed by atoms with Gasteiger partial charge in [-0.05, 0) is 42.0 Å². The van der Waals surface area contributed by atoms with Crippen molar-refractivity contribution in [2.45, 2.75) is 0 Å². The average Bonchev–Trinajstić information content (AvgIpc) is 2.76. The summed E-state index contributed by atoms with van der Waals surface area (Å²) >= 11 is 16.0. The van der Waals surface area contributed by atoms with Crippen molar-refractivity contribution in [3.05, 3.63) is 68.5 Å². The minimum atomic E-state index is -0.125. The highest BCUT2D eigenvalue weighted by Crippen LogP contribution is 2.36. The fourth-order valence-electron chi connectivity index (χ4n) is 2.02. The number of nitrogens with zero attached hydrogens (tertiary/aromatic N) is 1. The van der Waals surface area contributed by atoms with Gasteiger partial charge in [-0.2, -0.15) is 0 Å². The maximum absolute atomic E-state index is 12.6. The number of anilines is 1. The average molecular weight is 411 g/mol. The summed E-state index contributed by atoms with van der Waals surface area (Å²) in [6.45, 7) is 0. The summed E-state index contributed by atoms with van der Waals surface area (Å²) in [6.07, 6.45) is 1.84. The molecule has 0 aromatic heterocycles. The molecule has 0 atom stereocenters. The van der Waals surface area contributed by atoms with Gasteiger partial charge >= 0.3 is 0 Å². The molecule has 110 valence electrons. The van der Waals surface area contributed by atoms with Gasteiger partial charge in [-0.25, -0.2) is 0 Å². The van der Waals surface area contributed by atoms with Crippen molar-refractivity contribution < 1.29 is 4.79 Å². The SMILES string of the molecule is O=C1C(=Cc2ccc(Br)cc2)SC(=S)N1c1cccc(Cl)c1. The van der Waals surface area contributed by atoms with Crippen LogP contribution in [0.1, 0.15) is 5.56 Å². The lowest BCUT2D eigenvalue weighted by Crippen LogP contribution is -2.27. The molecule has 6 heteroatoms. The third-order valence-electron chi connectivity index (χ3n) is 3.03. The van der Waals surface area contributed by atoms with Crippen molar-refractivity contribution in [3.63, 3.8) is 0 Å². The van der Waals surface area contributed by atoms with E-state index < -0.39 is 0 Å². The van der Waals surface area contributed by atoms with E-state index in [0.29, 0.717) is 19.9 Å². The lowest BCUT2D eigenvalue weighted by Gasteiger charge is -2.14. The molecule has 3 rings (SSSR count). The van der Waals surface area contributed by atoms with Gasteiger partial charge in [-0.1, -0.05) is 69.7 Å². The van der Waals surface area contributed by atoms with Crippen LogP contribution in [-0.4, -0.2) is 10.2 Å². The Balaban J connectivity index is 1.93. The molecule has 1 heterocycles. The molecule has 0 bridgehead atoms. The molecule has 0 unspecified atom stereocenters. The highest BCUT2D eigenvalue weighted by molar-refractivity contribution is 9.10. The summed E-state index contributed by atoms with van der Waals surface area (Å²) < 4.78 is 1.51. The van der Waals surface area contributed by atoms with Crippen molar-refractivity contribution in [1.82, 2.24) is 0 Å². The van der Waals surface area contributed by atoms with Crippen LogP contribution in [0.3, 0.4) is 0 Å². The number of carbonyl (C=O) groups is 1. The van der Waals surface area contributed by atoms with E-state index in [0.717, 1.165) is 10.0 Å². The molecule has 2 nitrogen and oxygen atoms in total. The second-order valence-electron chi connectivity index (χ2n) is 4.55. The fraction of sp³-hybridized carbons (Fsp3) is 0. The summed E-state index contributed by atoms with van der Waals surface area (Å²) in [5, 5.41) is 0.573. The fourth-order valence-corrected chi connectivity index (χ4v) is 3.76. The molecule has 0 N–H and O–H groups in total. The van der Waals surface area contributed by atoms with Crippen LogP contribution in [0.4, 0.5) is 5.69 Å². The maximum Gasteiger partial charge on any atom is 0.270 e. The molecule has 1 saturated heterocycles. The molecule has 1 fully saturated rings. The third kappa shape index (κ3) is 3.27. The van der Waals surface area contributed by atoms with Crippen LogP contribution in [0.15, 0.2) is 57.9 Å². The van der Waals surface area contributed by atoms with Crippen molar-refractivity contribution in [1.29, 1.82) is 0 Å². The lowest BCUT2D eigenvalue weighted by atomic mass is 10.2. The summed E-state index contributed by atoms with van der Waals surface area (Å²) in [7, 11) is 0. The molecule has 1 amide bonds. The first-order chi connectivity index (χ1) is 10.5. The number of carbonyl (C=O) groups excluding carboxylic acids is 1. The van der Waals surface area contributed by atoms with Crippen LogP contribution in [0.25, 0.3) is 6.08 Å². The summed E-state index contributed by atoms with van der Waals surface area (Å²) in [5.41, 5.74) is 1.64. The topological polar surface area (TPSA) is 20.3 Å². The number of rotatable bonds is 2. The van der Waals surface area contributed by atoms with Gasteiger partial charge in [0.05, 0.1) is 10.6 Å². The molecule has 2 aromatic carbocycles. The predicted octanol–water partition coefficient (Wildman–Crippen LogP) is 5.51. The van der Waals surface area contributed by atoms with Crippen LogP contribution in [0.5, 0.6) is 0 Å². The van der Waals surface area contributed by atoms with Gasteiger partial charge < -0.3 is 0 Å². The molecule has 2 aromatic rings. The Morgan fingerprint density at radius 1 is 1.18 bits per heavy atom. The minimum Gasteiger partial charge on any atom is -0.268 e. The highest BCUT2D eigenvalue weighted by Gasteiger charge is 2.33. The van der Waals surface area contributed by atoms with Gasteiger partial charge in [0.1, 0.15) is 0 Å². The highest BCUT2D eigenvalue weighted by atomic mass is 79.9. The number of amides is 1. The Morgan fingerprint density at radius 2 is 1.91 bits per heavy atom. The maximum atomic E-state index is 12.6. The number of hydrogen-bond donors (Lipinski definition) is 0. The van der Waals surface area contributed by atoms with Crippen molar-refractivity contribution in [2.75, 3.05) is 4.90 Å². The van der Waals surface area contributed by atoms with E-state index in [1.807, 2.05) is 36.4 Å². The lowest BCUT2D eigenvalue weighted by molar-refractivity contribution is -0.113. The van der Waals surface area contributed by atoms with Crippen LogP contribution in [-0.2, 0) is 4.79 Å². The Labute approximate surface area is 151 Å². The zero-order valence-electron chi connectivity index (χ0n) is 11.1. The Bertz CT molecular complexity index is 789. The third-order valence-corrected chi connectivity index (χ3v) is 5.09. The Kier molecular flexibility index (Phi) is 4.68. The van der Waals surface area contributed by atoms with Crippen molar-refractivity contribution >= 4 is 73.5 Å². The summed E-state index contributed by atoms with van der Waals surface area (Å²) in [4.78, 5) is 14.7. The van der Waals surface area contributed by atoms with Crippen molar-refractivity contribution in [3.8, 4) is 0 Å². The zero-order chi connectivity index (χ0) is 15.7. The number of halogens is 2. The molecule has 1 aliphatic rings. The van der Waals surface area contributed by atoms with Gasteiger partial charge in [0, 0.05) is 9.50 Å². The first-order valence-corrected chi connectivity index (χ1v) is 8.73. The van der Waals surface area contributed by atoms with E-state index in [1.165, 1.54) is 16.7 Å². The molecule has 0 spiro atoms. The van der Waals surface area contributed by atoms with Crippen LogP contribution >= 0.6 is 51.5 Å². The van der Waals surface area contributed by atoms with Gasteiger partial charge in [0.2, 0.25) is 0 Å². The smallest absolute Gasteiger partial charge is 0.268 e. The first-order valence-electron chi connectivity index (χ1n) is 6.34. The monoisotopic (exact) mass is 409 g/mol. The van der Waals surface area contributed by atoms with E-state index >= 15 is 0 Å². The number of thioether (sulfide) groups is 1. The standard InChI is InChI=1S/C16H9BrClNOS2/c17-11-6-4-10(5-7-11)8-14-15(20)19(16(21)22-14)13-3-1-2-12(18)9-13/h1-9H. The molecule has 22 heavy (non-hydrogen) atoms. The molecule has 0 radical (unpaired) electrons. The largest absolute Gasteiger partial charge is 0.270 e. The molecule has 1 aliphatic heterocycles. The Hall–Kier alpha value is -1.14. The summed E-state index contributed by atoms with van der Waals surface area (Å²) in [5.74, 6) is -0.125. The van der Waals surface area contributed by atoms with E-state index in [2.05, 4.69) is 15.9 Å². The molecular weight excluding hydrogens is 402 g/mol. The van der Waals surface area contributed by atoms with Gasteiger partial charge in [0.25, 0.3) is 5.91 Å². The van der Waals surface area contributed by atoms with E-state index in [-0.39, 0.29) is 5.91 Å². The minimum absolute atomic E-state index is 0.125. The van der Waals surface area contributed by atoms with Crippen LogP contribution in [0, 0.1) is 0 Å². The molecule has 0 saturated carbocycles.